The number of sulfonamides is 1. The average Bonchev–Trinajstić information content (AvgIpc) is 3.02. The highest BCUT2D eigenvalue weighted by Crippen LogP contribution is 2.23. The number of aromatic nitrogens is 1. The SMILES string of the molecule is Cc1cc(O[C@@H]2CCN(S(=O)(=O)c3ccccc3)C2)cc(=O)n1C. The molecule has 3 rings (SSSR count). The van der Waals surface area contributed by atoms with Gasteiger partial charge < -0.3 is 9.30 Å². The standard InChI is InChI=1S/C17H20N2O4S/c1-13-10-15(11-17(20)18(13)2)23-14-8-9-19(12-14)24(21,22)16-6-4-3-5-7-16/h3-7,10-11,14H,8-9,12H2,1-2H3/t14-/m1/s1. The summed E-state index contributed by atoms with van der Waals surface area (Å²) in [7, 11) is -1.80. The fraction of sp³-hybridized carbons (Fsp3) is 0.353. The lowest BCUT2D eigenvalue weighted by Crippen LogP contribution is -2.31. The van der Waals surface area contributed by atoms with Crippen LogP contribution in [0.5, 0.6) is 5.75 Å². The molecule has 0 bridgehead atoms. The topological polar surface area (TPSA) is 68.6 Å². The number of rotatable bonds is 4. The molecule has 7 heteroatoms. The molecule has 1 aromatic carbocycles. The lowest BCUT2D eigenvalue weighted by atomic mass is 10.3. The highest BCUT2D eigenvalue weighted by molar-refractivity contribution is 7.89. The van der Waals surface area contributed by atoms with Crippen LogP contribution in [0.25, 0.3) is 0 Å². The molecule has 1 fully saturated rings. The highest BCUT2D eigenvalue weighted by Gasteiger charge is 2.33. The average molecular weight is 348 g/mol. The van der Waals surface area contributed by atoms with E-state index >= 15 is 0 Å². The first-order valence-corrected chi connectivity index (χ1v) is 9.21. The molecule has 0 N–H and O–H groups in total. The maximum Gasteiger partial charge on any atom is 0.254 e. The number of hydrogen-bond acceptors (Lipinski definition) is 4. The van der Waals surface area contributed by atoms with E-state index in [0.717, 1.165) is 5.69 Å². The largest absolute Gasteiger partial charge is 0.489 e. The van der Waals surface area contributed by atoms with E-state index in [4.69, 9.17) is 4.74 Å². The van der Waals surface area contributed by atoms with Crippen LogP contribution in [0.4, 0.5) is 0 Å². The van der Waals surface area contributed by atoms with Crippen molar-refractivity contribution < 1.29 is 13.2 Å². The van der Waals surface area contributed by atoms with E-state index in [9.17, 15) is 13.2 Å². The predicted octanol–water partition coefficient (Wildman–Crippen LogP) is 1.54. The van der Waals surface area contributed by atoms with Gasteiger partial charge in [-0.25, -0.2) is 8.42 Å². The molecule has 24 heavy (non-hydrogen) atoms. The van der Waals surface area contributed by atoms with Gasteiger partial charge in [-0.3, -0.25) is 4.79 Å². The van der Waals surface area contributed by atoms with E-state index in [1.807, 2.05) is 6.92 Å². The van der Waals surface area contributed by atoms with E-state index in [2.05, 4.69) is 0 Å². The molecule has 2 heterocycles. The van der Waals surface area contributed by atoms with Gasteiger partial charge in [0, 0.05) is 25.4 Å². The maximum absolute atomic E-state index is 12.6. The van der Waals surface area contributed by atoms with Crippen LogP contribution in [0.15, 0.2) is 52.2 Å². The third-order valence-corrected chi connectivity index (χ3v) is 6.15. The number of benzene rings is 1. The predicted molar refractivity (Wildman–Crippen MR) is 90.7 cm³/mol. The van der Waals surface area contributed by atoms with Crippen molar-refractivity contribution >= 4 is 10.0 Å². The lowest BCUT2D eigenvalue weighted by Gasteiger charge is -2.17. The zero-order chi connectivity index (χ0) is 17.3. The molecule has 0 aliphatic carbocycles. The Morgan fingerprint density at radius 2 is 1.88 bits per heavy atom. The number of aryl methyl sites for hydroxylation is 1. The van der Waals surface area contributed by atoms with Crippen molar-refractivity contribution in [2.45, 2.75) is 24.3 Å². The molecule has 2 aromatic rings. The molecule has 128 valence electrons. The molecule has 1 saturated heterocycles. The minimum Gasteiger partial charge on any atom is -0.489 e. The number of hydrogen-bond donors (Lipinski definition) is 0. The van der Waals surface area contributed by atoms with Crippen LogP contribution >= 0.6 is 0 Å². The van der Waals surface area contributed by atoms with Crippen molar-refractivity contribution in [1.82, 2.24) is 8.87 Å². The van der Waals surface area contributed by atoms with Gasteiger partial charge in [-0.15, -0.1) is 0 Å². The molecular weight excluding hydrogens is 328 g/mol. The summed E-state index contributed by atoms with van der Waals surface area (Å²) in [6, 6.07) is 11.6. The van der Waals surface area contributed by atoms with Crippen molar-refractivity contribution in [2.75, 3.05) is 13.1 Å². The Morgan fingerprint density at radius 1 is 1.17 bits per heavy atom. The van der Waals surface area contributed by atoms with Crippen LogP contribution in [-0.2, 0) is 17.1 Å². The van der Waals surface area contributed by atoms with Gasteiger partial charge >= 0.3 is 0 Å². The van der Waals surface area contributed by atoms with E-state index in [0.29, 0.717) is 18.7 Å². The Labute approximate surface area is 141 Å². The van der Waals surface area contributed by atoms with Gasteiger partial charge in [0.25, 0.3) is 5.56 Å². The second kappa shape index (κ2) is 6.41. The first-order chi connectivity index (χ1) is 11.4. The first-order valence-electron chi connectivity index (χ1n) is 7.77. The van der Waals surface area contributed by atoms with Crippen LogP contribution in [0, 0.1) is 6.92 Å². The molecule has 0 unspecified atom stereocenters. The lowest BCUT2D eigenvalue weighted by molar-refractivity contribution is 0.214. The Bertz CT molecular complexity index is 891. The van der Waals surface area contributed by atoms with Gasteiger partial charge in [0.2, 0.25) is 10.0 Å². The summed E-state index contributed by atoms with van der Waals surface area (Å²) >= 11 is 0. The zero-order valence-corrected chi connectivity index (χ0v) is 14.5. The normalized spacial score (nSPS) is 18.7. The van der Waals surface area contributed by atoms with Crippen LogP contribution in [0.1, 0.15) is 12.1 Å². The van der Waals surface area contributed by atoms with Crippen molar-refractivity contribution in [2.24, 2.45) is 7.05 Å². The minimum atomic E-state index is -3.50. The fourth-order valence-electron chi connectivity index (χ4n) is 2.75. The number of pyridine rings is 1. The summed E-state index contributed by atoms with van der Waals surface area (Å²) in [5, 5.41) is 0. The molecule has 1 aromatic heterocycles. The molecular formula is C17H20N2O4S. The summed E-state index contributed by atoms with van der Waals surface area (Å²) in [6.07, 6.45) is 0.343. The van der Waals surface area contributed by atoms with Crippen molar-refractivity contribution in [1.29, 1.82) is 0 Å². The van der Waals surface area contributed by atoms with E-state index in [1.165, 1.54) is 14.9 Å². The highest BCUT2D eigenvalue weighted by atomic mass is 32.2. The number of ether oxygens (including phenoxy) is 1. The number of nitrogens with zero attached hydrogens (tertiary/aromatic N) is 2. The van der Waals surface area contributed by atoms with Crippen molar-refractivity contribution in [3.63, 3.8) is 0 Å². The molecule has 0 radical (unpaired) electrons. The Morgan fingerprint density at radius 3 is 2.54 bits per heavy atom. The van der Waals surface area contributed by atoms with Gasteiger partial charge in [-0.05, 0) is 31.5 Å². The van der Waals surface area contributed by atoms with Crippen LogP contribution in [-0.4, -0.2) is 36.5 Å². The summed E-state index contributed by atoms with van der Waals surface area (Å²) in [6.45, 7) is 2.52. The molecule has 0 saturated carbocycles. The van der Waals surface area contributed by atoms with Crippen LogP contribution < -0.4 is 10.3 Å². The maximum atomic E-state index is 12.6. The van der Waals surface area contributed by atoms with Gasteiger partial charge in [-0.2, -0.15) is 4.31 Å². The summed E-state index contributed by atoms with van der Waals surface area (Å²) < 4.78 is 34.0. The second-order valence-electron chi connectivity index (χ2n) is 5.93. The smallest absolute Gasteiger partial charge is 0.254 e. The molecule has 1 aliphatic heterocycles. The van der Waals surface area contributed by atoms with Crippen LogP contribution in [0.3, 0.4) is 0 Å². The van der Waals surface area contributed by atoms with Gasteiger partial charge in [0.05, 0.1) is 11.4 Å². The Balaban J connectivity index is 1.73. The van der Waals surface area contributed by atoms with Crippen molar-refractivity contribution in [3.8, 4) is 5.75 Å². The zero-order valence-electron chi connectivity index (χ0n) is 13.7. The Hall–Kier alpha value is -2.12. The third-order valence-electron chi connectivity index (χ3n) is 4.27. The minimum absolute atomic E-state index is 0.142. The summed E-state index contributed by atoms with van der Waals surface area (Å²) in [5.41, 5.74) is 0.654. The fourth-order valence-corrected chi connectivity index (χ4v) is 4.26. The van der Waals surface area contributed by atoms with Crippen molar-refractivity contribution in [3.05, 3.63) is 58.5 Å². The van der Waals surface area contributed by atoms with E-state index < -0.39 is 10.0 Å². The summed E-state index contributed by atoms with van der Waals surface area (Å²) in [5.74, 6) is 0.486. The van der Waals surface area contributed by atoms with Gasteiger partial charge in [0.1, 0.15) is 11.9 Å². The van der Waals surface area contributed by atoms with E-state index in [-0.39, 0.29) is 23.1 Å². The Kier molecular flexibility index (Phi) is 4.47. The van der Waals surface area contributed by atoms with Gasteiger partial charge in [0.15, 0.2) is 0 Å². The molecule has 1 aliphatic rings. The van der Waals surface area contributed by atoms with E-state index in [1.54, 1.807) is 43.4 Å². The van der Waals surface area contributed by atoms with Gasteiger partial charge in [-0.1, -0.05) is 18.2 Å². The second-order valence-corrected chi connectivity index (χ2v) is 7.87. The first kappa shape index (κ1) is 16.7. The molecule has 0 spiro atoms. The third kappa shape index (κ3) is 3.22. The van der Waals surface area contributed by atoms with Crippen LogP contribution in [0.2, 0.25) is 0 Å². The molecule has 1 atom stereocenters. The quantitative estimate of drug-likeness (QED) is 0.840. The monoisotopic (exact) mass is 348 g/mol. The summed E-state index contributed by atoms with van der Waals surface area (Å²) in [4.78, 5) is 12.1. The molecule has 0 amide bonds. The molecule has 6 nitrogen and oxygen atoms in total.